The van der Waals surface area contributed by atoms with E-state index in [1.165, 1.54) is 0 Å². The predicted molar refractivity (Wildman–Crippen MR) is 116 cm³/mol. The predicted octanol–water partition coefficient (Wildman–Crippen LogP) is 2.86. The third-order valence-electron chi connectivity index (χ3n) is 6.28. The van der Waals surface area contributed by atoms with Crippen LogP contribution in [0, 0.1) is 6.92 Å². The van der Waals surface area contributed by atoms with Gasteiger partial charge in [-0.3, -0.25) is 4.79 Å². The Kier molecular flexibility index (Phi) is 5.90. The summed E-state index contributed by atoms with van der Waals surface area (Å²) in [5.41, 5.74) is 3.44. The largest absolute Gasteiger partial charge is 0.493 e. The summed E-state index contributed by atoms with van der Waals surface area (Å²) < 4.78 is 10.8. The SMILES string of the molecule is CCN1CCN(c2nc(C)c3c(n2)C[C@H](c2ccc(OC)c(OC)c2)CC3=O)CC1. The first-order valence-electron chi connectivity index (χ1n) is 10.6. The Bertz CT molecular complexity index is 938. The molecule has 4 rings (SSSR count). The van der Waals surface area contributed by atoms with Gasteiger partial charge in [-0.25, -0.2) is 9.97 Å². The molecule has 2 aliphatic rings. The van der Waals surface area contributed by atoms with Crippen molar-refractivity contribution in [3.63, 3.8) is 0 Å². The first-order valence-corrected chi connectivity index (χ1v) is 10.6. The highest BCUT2D eigenvalue weighted by molar-refractivity contribution is 5.99. The fraction of sp³-hybridized carbons (Fsp3) is 0.522. The first-order chi connectivity index (χ1) is 14.5. The number of nitrogens with zero attached hydrogens (tertiary/aromatic N) is 4. The van der Waals surface area contributed by atoms with Crippen molar-refractivity contribution in [1.82, 2.24) is 14.9 Å². The smallest absolute Gasteiger partial charge is 0.225 e. The van der Waals surface area contributed by atoms with Gasteiger partial charge in [-0.05, 0) is 43.5 Å². The molecule has 0 spiro atoms. The van der Waals surface area contributed by atoms with Crippen molar-refractivity contribution in [3.8, 4) is 11.5 Å². The van der Waals surface area contributed by atoms with Gasteiger partial charge in [0.25, 0.3) is 0 Å². The van der Waals surface area contributed by atoms with E-state index >= 15 is 0 Å². The maximum absolute atomic E-state index is 13.0. The molecule has 0 saturated carbocycles. The number of Topliss-reactive ketones (excluding diaryl/α,β-unsaturated/α-hetero) is 1. The molecule has 2 aromatic rings. The molecule has 1 atom stereocenters. The summed E-state index contributed by atoms with van der Waals surface area (Å²) in [7, 11) is 3.25. The second-order valence-corrected chi connectivity index (χ2v) is 7.99. The van der Waals surface area contributed by atoms with Gasteiger partial charge in [0, 0.05) is 32.6 Å². The van der Waals surface area contributed by atoms with Gasteiger partial charge in [0.05, 0.1) is 31.2 Å². The van der Waals surface area contributed by atoms with Gasteiger partial charge in [-0.2, -0.15) is 0 Å². The molecule has 7 nitrogen and oxygen atoms in total. The summed E-state index contributed by atoms with van der Waals surface area (Å²) >= 11 is 0. The number of likely N-dealkylation sites (N-methyl/N-ethyl adjacent to an activating group) is 1. The van der Waals surface area contributed by atoms with Gasteiger partial charge in [0.15, 0.2) is 17.3 Å². The van der Waals surface area contributed by atoms with Crippen molar-refractivity contribution >= 4 is 11.7 Å². The van der Waals surface area contributed by atoms with E-state index in [2.05, 4.69) is 16.7 Å². The number of carbonyl (C=O) groups excluding carboxylic acids is 1. The van der Waals surface area contributed by atoms with Crippen LogP contribution in [0.4, 0.5) is 5.95 Å². The number of aromatic nitrogens is 2. The van der Waals surface area contributed by atoms with E-state index in [1.54, 1.807) is 14.2 Å². The summed E-state index contributed by atoms with van der Waals surface area (Å²) in [6, 6.07) is 5.89. The molecule has 30 heavy (non-hydrogen) atoms. The van der Waals surface area contributed by atoms with Crippen molar-refractivity contribution in [2.45, 2.75) is 32.6 Å². The lowest BCUT2D eigenvalue weighted by molar-refractivity contribution is 0.0962. The lowest BCUT2D eigenvalue weighted by Gasteiger charge is -2.35. The number of hydrogen-bond donors (Lipinski definition) is 0. The molecule has 0 bridgehead atoms. The fourth-order valence-electron chi connectivity index (χ4n) is 4.51. The number of rotatable bonds is 5. The normalized spacial score (nSPS) is 19.5. The quantitative estimate of drug-likeness (QED) is 0.751. The average molecular weight is 411 g/mol. The first kappa shape index (κ1) is 20.6. The molecule has 7 heteroatoms. The summed E-state index contributed by atoms with van der Waals surface area (Å²) in [5, 5.41) is 0. The Balaban J connectivity index is 1.62. The Morgan fingerprint density at radius 2 is 1.77 bits per heavy atom. The summed E-state index contributed by atoms with van der Waals surface area (Å²) in [4.78, 5) is 27.2. The van der Waals surface area contributed by atoms with E-state index < -0.39 is 0 Å². The van der Waals surface area contributed by atoms with Crippen LogP contribution in [-0.2, 0) is 6.42 Å². The highest BCUT2D eigenvalue weighted by Gasteiger charge is 2.31. The Hall–Kier alpha value is -2.67. The van der Waals surface area contributed by atoms with Crippen LogP contribution < -0.4 is 14.4 Å². The molecule has 0 amide bonds. The van der Waals surface area contributed by atoms with Crippen molar-refractivity contribution in [2.75, 3.05) is 51.8 Å². The zero-order valence-electron chi connectivity index (χ0n) is 18.3. The van der Waals surface area contributed by atoms with Crippen molar-refractivity contribution < 1.29 is 14.3 Å². The fourth-order valence-corrected chi connectivity index (χ4v) is 4.51. The number of hydrogen-bond acceptors (Lipinski definition) is 7. The van der Waals surface area contributed by atoms with E-state index in [1.807, 2.05) is 25.1 Å². The minimum Gasteiger partial charge on any atom is -0.493 e. The Morgan fingerprint density at radius 3 is 2.43 bits per heavy atom. The van der Waals surface area contributed by atoms with Crippen molar-refractivity contribution in [2.24, 2.45) is 0 Å². The van der Waals surface area contributed by atoms with Crippen LogP contribution in [0.3, 0.4) is 0 Å². The minimum atomic E-state index is 0.0731. The number of aryl methyl sites for hydroxylation is 1. The number of fused-ring (bicyclic) bond motifs is 1. The molecule has 1 aliphatic carbocycles. The average Bonchev–Trinajstić information content (AvgIpc) is 2.78. The van der Waals surface area contributed by atoms with Crippen LogP contribution in [0.5, 0.6) is 11.5 Å². The van der Waals surface area contributed by atoms with Crippen molar-refractivity contribution in [1.29, 1.82) is 0 Å². The number of anilines is 1. The molecule has 1 fully saturated rings. The molecular formula is C23H30N4O3. The molecule has 0 radical (unpaired) electrons. The van der Waals surface area contributed by atoms with Crippen LogP contribution in [0.1, 0.15) is 46.6 Å². The number of ether oxygens (including phenoxy) is 2. The van der Waals surface area contributed by atoms with Gasteiger partial charge < -0.3 is 19.3 Å². The Morgan fingerprint density at radius 1 is 1.03 bits per heavy atom. The molecule has 2 heterocycles. The lowest BCUT2D eigenvalue weighted by Crippen LogP contribution is -2.47. The third-order valence-corrected chi connectivity index (χ3v) is 6.28. The minimum absolute atomic E-state index is 0.0731. The summed E-state index contributed by atoms with van der Waals surface area (Å²) in [5.74, 6) is 2.32. The monoisotopic (exact) mass is 410 g/mol. The molecule has 0 N–H and O–H groups in total. The zero-order valence-corrected chi connectivity index (χ0v) is 18.3. The Labute approximate surface area is 178 Å². The molecule has 1 saturated heterocycles. The molecule has 160 valence electrons. The van der Waals surface area contributed by atoms with Crippen LogP contribution in [0.15, 0.2) is 18.2 Å². The topological polar surface area (TPSA) is 67.8 Å². The molecule has 1 aromatic heterocycles. The number of carbonyl (C=O) groups is 1. The zero-order chi connectivity index (χ0) is 21.3. The van der Waals surface area contributed by atoms with Gasteiger partial charge in [0.2, 0.25) is 5.95 Å². The van der Waals surface area contributed by atoms with Gasteiger partial charge >= 0.3 is 0 Å². The van der Waals surface area contributed by atoms with Crippen LogP contribution in [0.2, 0.25) is 0 Å². The lowest BCUT2D eigenvalue weighted by atomic mass is 9.81. The second kappa shape index (κ2) is 8.60. The van der Waals surface area contributed by atoms with E-state index in [-0.39, 0.29) is 11.7 Å². The molecule has 0 unspecified atom stereocenters. The summed E-state index contributed by atoms with van der Waals surface area (Å²) in [6.07, 6.45) is 1.18. The highest BCUT2D eigenvalue weighted by atomic mass is 16.5. The maximum Gasteiger partial charge on any atom is 0.225 e. The van der Waals surface area contributed by atoms with Crippen molar-refractivity contribution in [3.05, 3.63) is 40.7 Å². The van der Waals surface area contributed by atoms with Crippen LogP contribution in [-0.4, -0.2) is 67.6 Å². The van der Waals surface area contributed by atoms with E-state index in [9.17, 15) is 4.79 Å². The van der Waals surface area contributed by atoms with E-state index in [4.69, 9.17) is 19.4 Å². The highest BCUT2D eigenvalue weighted by Crippen LogP contribution is 2.37. The number of ketones is 1. The summed E-state index contributed by atoms with van der Waals surface area (Å²) in [6.45, 7) is 9.06. The maximum atomic E-state index is 13.0. The second-order valence-electron chi connectivity index (χ2n) is 7.99. The van der Waals surface area contributed by atoms with Gasteiger partial charge in [0.1, 0.15) is 0 Å². The van der Waals surface area contributed by atoms with Crippen LogP contribution in [0.25, 0.3) is 0 Å². The van der Waals surface area contributed by atoms with Gasteiger partial charge in [-0.1, -0.05) is 13.0 Å². The van der Waals surface area contributed by atoms with Crippen LogP contribution >= 0.6 is 0 Å². The molecule has 1 aromatic carbocycles. The van der Waals surface area contributed by atoms with E-state index in [0.29, 0.717) is 23.5 Å². The third kappa shape index (κ3) is 3.86. The number of piperazine rings is 1. The molecular weight excluding hydrogens is 380 g/mol. The molecule has 1 aliphatic heterocycles. The number of benzene rings is 1. The van der Waals surface area contributed by atoms with E-state index in [0.717, 1.165) is 62.0 Å². The van der Waals surface area contributed by atoms with Gasteiger partial charge in [-0.15, -0.1) is 0 Å². The number of methoxy groups -OCH3 is 2. The standard InChI is InChI=1S/C23H30N4O3/c1-5-26-8-10-27(11-9-26)23-24-15(2)22-18(25-23)12-17(13-19(22)28)16-6-7-20(29-3)21(14-16)30-4/h6-7,14,17H,5,8-13H2,1-4H3/t17-/m0/s1.